The highest BCUT2D eigenvalue weighted by Crippen LogP contribution is 2.31. The maximum atomic E-state index is 12.7. The molecule has 1 saturated heterocycles. The first kappa shape index (κ1) is 16.1. The molecule has 1 fully saturated rings. The molecule has 1 aliphatic rings. The van der Waals surface area contributed by atoms with Crippen LogP contribution >= 0.6 is 11.8 Å². The standard InChI is InChI=1S/C18H21NO3S/c1-12-13(2)22-16(14-6-4-3-5-7-14)15(12)17(20)19-10-18(21)8-9-23-11-18/h3-7,21H,8-11H2,1-2H3,(H,19,20). The van der Waals surface area contributed by atoms with Crippen molar-refractivity contribution in [2.45, 2.75) is 25.9 Å². The highest BCUT2D eigenvalue weighted by Gasteiger charge is 2.33. The molecule has 23 heavy (non-hydrogen) atoms. The Morgan fingerprint density at radius 2 is 2.09 bits per heavy atom. The van der Waals surface area contributed by atoms with Gasteiger partial charge in [0.15, 0.2) is 0 Å². The number of benzene rings is 1. The molecule has 1 aromatic heterocycles. The lowest BCUT2D eigenvalue weighted by atomic mass is 10.0. The SMILES string of the molecule is Cc1oc(-c2ccccc2)c(C(=O)NCC2(O)CCSC2)c1C. The molecule has 3 rings (SSSR count). The molecule has 2 aromatic rings. The number of rotatable bonds is 4. The molecule has 0 saturated carbocycles. The molecule has 0 spiro atoms. The van der Waals surface area contributed by atoms with Crippen molar-refractivity contribution in [1.82, 2.24) is 5.32 Å². The second-order valence-electron chi connectivity index (χ2n) is 6.06. The summed E-state index contributed by atoms with van der Waals surface area (Å²) in [5.41, 5.74) is 1.49. The van der Waals surface area contributed by atoms with E-state index >= 15 is 0 Å². The van der Waals surface area contributed by atoms with Crippen molar-refractivity contribution in [2.75, 3.05) is 18.1 Å². The van der Waals surface area contributed by atoms with Gasteiger partial charge in [0, 0.05) is 23.4 Å². The topological polar surface area (TPSA) is 62.5 Å². The zero-order chi connectivity index (χ0) is 16.4. The third kappa shape index (κ3) is 3.31. The molecule has 1 amide bonds. The zero-order valence-corrected chi connectivity index (χ0v) is 14.2. The Balaban J connectivity index is 1.85. The Bertz CT molecular complexity index is 703. The van der Waals surface area contributed by atoms with Crippen LogP contribution in [0.3, 0.4) is 0 Å². The maximum Gasteiger partial charge on any atom is 0.255 e. The molecule has 1 atom stereocenters. The number of aryl methyl sites for hydroxylation is 1. The van der Waals surface area contributed by atoms with Crippen LogP contribution in [0.4, 0.5) is 0 Å². The van der Waals surface area contributed by atoms with Crippen LogP contribution in [0.5, 0.6) is 0 Å². The number of aliphatic hydroxyl groups is 1. The Kier molecular flexibility index (Phi) is 4.50. The summed E-state index contributed by atoms with van der Waals surface area (Å²) < 4.78 is 5.82. The lowest BCUT2D eigenvalue weighted by Crippen LogP contribution is -2.43. The fourth-order valence-corrected chi connectivity index (χ4v) is 4.06. The summed E-state index contributed by atoms with van der Waals surface area (Å²) in [7, 11) is 0. The highest BCUT2D eigenvalue weighted by molar-refractivity contribution is 7.99. The van der Waals surface area contributed by atoms with Crippen LogP contribution in [0.25, 0.3) is 11.3 Å². The van der Waals surface area contributed by atoms with E-state index in [9.17, 15) is 9.90 Å². The van der Waals surface area contributed by atoms with E-state index in [4.69, 9.17) is 4.42 Å². The van der Waals surface area contributed by atoms with Gasteiger partial charge in [0.05, 0.1) is 11.2 Å². The summed E-state index contributed by atoms with van der Waals surface area (Å²) in [5, 5.41) is 13.3. The first-order valence-electron chi connectivity index (χ1n) is 7.74. The molecule has 4 nitrogen and oxygen atoms in total. The van der Waals surface area contributed by atoms with Gasteiger partial charge in [-0.2, -0.15) is 11.8 Å². The number of nitrogens with one attached hydrogen (secondary N) is 1. The first-order chi connectivity index (χ1) is 11.0. The van der Waals surface area contributed by atoms with Crippen LogP contribution in [0, 0.1) is 13.8 Å². The fourth-order valence-electron chi connectivity index (χ4n) is 2.76. The van der Waals surface area contributed by atoms with Gasteiger partial charge in [-0.3, -0.25) is 4.79 Å². The van der Waals surface area contributed by atoms with Gasteiger partial charge in [-0.25, -0.2) is 0 Å². The molecule has 122 valence electrons. The van der Waals surface area contributed by atoms with Gasteiger partial charge >= 0.3 is 0 Å². The van der Waals surface area contributed by atoms with E-state index in [0.717, 1.165) is 22.6 Å². The van der Waals surface area contributed by atoms with Gasteiger partial charge in [-0.1, -0.05) is 30.3 Å². The second kappa shape index (κ2) is 6.42. The Labute approximate surface area is 140 Å². The lowest BCUT2D eigenvalue weighted by Gasteiger charge is -2.21. The van der Waals surface area contributed by atoms with Crippen molar-refractivity contribution in [1.29, 1.82) is 0 Å². The van der Waals surface area contributed by atoms with E-state index in [1.165, 1.54) is 0 Å². The van der Waals surface area contributed by atoms with Crippen molar-refractivity contribution < 1.29 is 14.3 Å². The summed E-state index contributed by atoms with van der Waals surface area (Å²) in [6.07, 6.45) is 0.715. The van der Waals surface area contributed by atoms with Gasteiger partial charge in [0.1, 0.15) is 11.5 Å². The minimum atomic E-state index is -0.792. The predicted molar refractivity (Wildman–Crippen MR) is 92.8 cm³/mol. The molecule has 2 N–H and O–H groups in total. The number of carbonyl (C=O) groups excluding carboxylic acids is 1. The number of hydrogen-bond acceptors (Lipinski definition) is 4. The molecular formula is C18H21NO3S. The summed E-state index contributed by atoms with van der Waals surface area (Å²) in [5.74, 6) is 2.74. The predicted octanol–water partition coefficient (Wildman–Crippen LogP) is 3.16. The number of furan rings is 1. The molecule has 0 aliphatic carbocycles. The van der Waals surface area contributed by atoms with Gasteiger partial charge < -0.3 is 14.8 Å². The first-order valence-corrected chi connectivity index (χ1v) is 8.89. The van der Waals surface area contributed by atoms with Gasteiger partial charge in [-0.15, -0.1) is 0 Å². The Hall–Kier alpha value is -1.72. The zero-order valence-electron chi connectivity index (χ0n) is 13.4. The van der Waals surface area contributed by atoms with Crippen molar-refractivity contribution in [2.24, 2.45) is 0 Å². The van der Waals surface area contributed by atoms with Crippen molar-refractivity contribution in [3.8, 4) is 11.3 Å². The van der Waals surface area contributed by atoms with E-state index in [0.29, 0.717) is 23.5 Å². The van der Waals surface area contributed by atoms with Crippen LogP contribution in [0.15, 0.2) is 34.7 Å². The van der Waals surface area contributed by atoms with Crippen molar-refractivity contribution >= 4 is 17.7 Å². The molecule has 1 unspecified atom stereocenters. The molecule has 1 aromatic carbocycles. The number of thioether (sulfide) groups is 1. The molecular weight excluding hydrogens is 310 g/mol. The molecule has 0 bridgehead atoms. The van der Waals surface area contributed by atoms with Crippen molar-refractivity contribution in [3.63, 3.8) is 0 Å². The highest BCUT2D eigenvalue weighted by atomic mass is 32.2. The van der Waals surface area contributed by atoms with E-state index in [2.05, 4.69) is 5.32 Å². The summed E-state index contributed by atoms with van der Waals surface area (Å²) in [4.78, 5) is 12.7. The molecule has 5 heteroatoms. The smallest absolute Gasteiger partial charge is 0.255 e. The van der Waals surface area contributed by atoms with Crippen LogP contribution in [0.2, 0.25) is 0 Å². The van der Waals surface area contributed by atoms with Crippen LogP contribution in [-0.4, -0.2) is 34.7 Å². The molecule has 2 heterocycles. The summed E-state index contributed by atoms with van der Waals surface area (Å²) in [6, 6.07) is 9.62. The van der Waals surface area contributed by atoms with Crippen LogP contribution in [-0.2, 0) is 0 Å². The molecule has 0 radical (unpaired) electrons. The second-order valence-corrected chi connectivity index (χ2v) is 7.17. The summed E-state index contributed by atoms with van der Waals surface area (Å²) in [6.45, 7) is 4.02. The van der Waals surface area contributed by atoms with Gasteiger partial charge in [-0.05, 0) is 26.0 Å². The third-order valence-electron chi connectivity index (χ3n) is 4.31. The Morgan fingerprint density at radius 3 is 2.74 bits per heavy atom. The lowest BCUT2D eigenvalue weighted by molar-refractivity contribution is 0.0612. The molecule has 1 aliphatic heterocycles. The monoisotopic (exact) mass is 331 g/mol. The minimum absolute atomic E-state index is 0.191. The van der Waals surface area contributed by atoms with Crippen molar-refractivity contribution in [3.05, 3.63) is 47.2 Å². The van der Waals surface area contributed by atoms with Gasteiger partial charge in [0.2, 0.25) is 0 Å². The van der Waals surface area contributed by atoms with E-state index in [-0.39, 0.29) is 12.5 Å². The number of amides is 1. The normalized spacial score (nSPS) is 20.7. The Morgan fingerprint density at radius 1 is 1.35 bits per heavy atom. The van der Waals surface area contributed by atoms with Gasteiger partial charge in [0.25, 0.3) is 5.91 Å². The van der Waals surface area contributed by atoms with E-state index in [1.54, 1.807) is 11.8 Å². The average Bonchev–Trinajstić information content (AvgIpc) is 3.11. The number of carbonyl (C=O) groups is 1. The maximum absolute atomic E-state index is 12.7. The quantitative estimate of drug-likeness (QED) is 0.903. The largest absolute Gasteiger partial charge is 0.460 e. The number of hydrogen-bond donors (Lipinski definition) is 2. The average molecular weight is 331 g/mol. The van der Waals surface area contributed by atoms with Crippen LogP contribution in [0.1, 0.15) is 28.1 Å². The minimum Gasteiger partial charge on any atom is -0.460 e. The fraction of sp³-hybridized carbons (Fsp3) is 0.389. The van der Waals surface area contributed by atoms with E-state index < -0.39 is 5.60 Å². The van der Waals surface area contributed by atoms with E-state index in [1.807, 2.05) is 44.2 Å². The summed E-state index contributed by atoms with van der Waals surface area (Å²) >= 11 is 1.72. The van der Waals surface area contributed by atoms with Crippen LogP contribution < -0.4 is 5.32 Å². The third-order valence-corrected chi connectivity index (χ3v) is 5.54.